The van der Waals surface area contributed by atoms with Crippen LogP contribution in [0, 0.1) is 6.92 Å². The molecule has 1 aromatic rings. The van der Waals surface area contributed by atoms with Gasteiger partial charge in [-0.25, -0.2) is 0 Å². The Morgan fingerprint density at radius 3 is 2.52 bits per heavy atom. The fourth-order valence-electron chi connectivity index (χ4n) is 3.17. The molecule has 6 heteroatoms. The van der Waals surface area contributed by atoms with Crippen molar-refractivity contribution in [1.29, 1.82) is 0 Å². The van der Waals surface area contributed by atoms with Crippen molar-refractivity contribution in [3.8, 4) is 0 Å². The molecule has 2 aliphatic heterocycles. The summed E-state index contributed by atoms with van der Waals surface area (Å²) in [4.78, 5) is 28.5. The minimum atomic E-state index is -0.285. The number of carbonyl (C=O) groups is 2. The van der Waals surface area contributed by atoms with Gasteiger partial charge in [0.05, 0.1) is 0 Å². The van der Waals surface area contributed by atoms with Gasteiger partial charge in [0.2, 0.25) is 11.8 Å². The molecule has 2 fully saturated rings. The highest BCUT2D eigenvalue weighted by molar-refractivity contribution is 5.91. The number of aryl methyl sites for hydroxylation is 1. The number of hydrogen-bond acceptors (Lipinski definition) is 3. The van der Waals surface area contributed by atoms with E-state index >= 15 is 0 Å². The van der Waals surface area contributed by atoms with Gasteiger partial charge in [-0.05, 0) is 18.9 Å². The number of benzene rings is 1. The standard InChI is InChI=1S/C17H23N3O2.ClH/c1-13-2-4-14(5-3-13)12-20-15(6-7-16(20)21)17(22)19-10-8-18-9-11-19;/h2-5,15,18H,6-12H2,1H3;1H. The highest BCUT2D eigenvalue weighted by Gasteiger charge is 2.38. The first-order valence-electron chi connectivity index (χ1n) is 7.99. The molecule has 23 heavy (non-hydrogen) atoms. The number of halogens is 1. The van der Waals surface area contributed by atoms with E-state index in [1.165, 1.54) is 5.56 Å². The predicted octanol–water partition coefficient (Wildman–Crippen LogP) is 1.34. The molecule has 2 aliphatic rings. The molecule has 2 amide bonds. The van der Waals surface area contributed by atoms with Crippen molar-refractivity contribution in [3.63, 3.8) is 0 Å². The maximum Gasteiger partial charge on any atom is 0.245 e. The molecule has 0 radical (unpaired) electrons. The summed E-state index contributed by atoms with van der Waals surface area (Å²) in [6.45, 7) is 5.72. The third-order valence-corrected chi connectivity index (χ3v) is 4.52. The number of carbonyl (C=O) groups excluding carboxylic acids is 2. The maximum atomic E-state index is 12.7. The molecular formula is C17H24ClN3O2. The quantitative estimate of drug-likeness (QED) is 0.905. The van der Waals surface area contributed by atoms with Crippen molar-refractivity contribution in [3.05, 3.63) is 35.4 Å². The van der Waals surface area contributed by atoms with Crippen molar-refractivity contribution in [2.45, 2.75) is 32.4 Å². The zero-order chi connectivity index (χ0) is 15.5. The Hall–Kier alpha value is -1.59. The van der Waals surface area contributed by atoms with Gasteiger partial charge in [0.25, 0.3) is 0 Å². The molecule has 0 bridgehead atoms. The normalized spacial score (nSPS) is 21.3. The molecule has 1 N–H and O–H groups in total. The van der Waals surface area contributed by atoms with Crippen molar-refractivity contribution < 1.29 is 9.59 Å². The fourth-order valence-corrected chi connectivity index (χ4v) is 3.17. The fraction of sp³-hybridized carbons (Fsp3) is 0.529. The highest BCUT2D eigenvalue weighted by atomic mass is 35.5. The van der Waals surface area contributed by atoms with Gasteiger partial charge in [-0.1, -0.05) is 29.8 Å². The smallest absolute Gasteiger partial charge is 0.245 e. The molecule has 1 unspecified atom stereocenters. The number of amides is 2. The van der Waals surface area contributed by atoms with Gasteiger partial charge in [0.15, 0.2) is 0 Å². The van der Waals surface area contributed by atoms with Crippen molar-refractivity contribution in [1.82, 2.24) is 15.1 Å². The summed E-state index contributed by atoms with van der Waals surface area (Å²) in [6, 6.07) is 7.87. The topological polar surface area (TPSA) is 52.7 Å². The molecule has 5 nitrogen and oxygen atoms in total. The van der Waals surface area contributed by atoms with E-state index in [4.69, 9.17) is 0 Å². The minimum Gasteiger partial charge on any atom is -0.338 e. The van der Waals surface area contributed by atoms with Crippen LogP contribution >= 0.6 is 12.4 Å². The SMILES string of the molecule is Cc1ccc(CN2C(=O)CCC2C(=O)N2CCNCC2)cc1.Cl. The molecule has 126 valence electrons. The Morgan fingerprint density at radius 1 is 1.22 bits per heavy atom. The third kappa shape index (κ3) is 4.03. The van der Waals surface area contributed by atoms with Gasteiger partial charge >= 0.3 is 0 Å². The Morgan fingerprint density at radius 2 is 1.87 bits per heavy atom. The Bertz CT molecular complexity index is 555. The average molecular weight is 338 g/mol. The molecule has 2 heterocycles. The van der Waals surface area contributed by atoms with E-state index in [9.17, 15) is 9.59 Å². The van der Waals surface area contributed by atoms with Crippen LogP contribution in [-0.2, 0) is 16.1 Å². The number of hydrogen-bond donors (Lipinski definition) is 1. The molecular weight excluding hydrogens is 314 g/mol. The predicted molar refractivity (Wildman–Crippen MR) is 91.4 cm³/mol. The largest absolute Gasteiger partial charge is 0.338 e. The summed E-state index contributed by atoms with van der Waals surface area (Å²) in [5.41, 5.74) is 2.28. The molecule has 2 saturated heterocycles. The lowest BCUT2D eigenvalue weighted by molar-refractivity contribution is -0.142. The van der Waals surface area contributed by atoms with E-state index in [1.54, 1.807) is 4.90 Å². The van der Waals surface area contributed by atoms with Crippen LogP contribution in [0.3, 0.4) is 0 Å². The summed E-state index contributed by atoms with van der Waals surface area (Å²) in [5.74, 6) is 0.202. The molecule has 0 aromatic heterocycles. The van der Waals surface area contributed by atoms with Crippen LogP contribution in [0.15, 0.2) is 24.3 Å². The first-order valence-corrected chi connectivity index (χ1v) is 7.99. The van der Waals surface area contributed by atoms with Crippen LogP contribution in [0.5, 0.6) is 0 Å². The van der Waals surface area contributed by atoms with Gasteiger partial charge < -0.3 is 15.1 Å². The van der Waals surface area contributed by atoms with Crippen LogP contribution in [-0.4, -0.2) is 53.8 Å². The van der Waals surface area contributed by atoms with Crippen molar-refractivity contribution in [2.75, 3.05) is 26.2 Å². The van der Waals surface area contributed by atoms with Gasteiger partial charge in [0.1, 0.15) is 6.04 Å². The number of rotatable bonds is 3. The van der Waals surface area contributed by atoms with Crippen LogP contribution in [0.1, 0.15) is 24.0 Å². The second-order valence-electron chi connectivity index (χ2n) is 6.14. The van der Waals surface area contributed by atoms with Crippen LogP contribution in [0.4, 0.5) is 0 Å². The summed E-state index contributed by atoms with van der Waals surface area (Å²) in [7, 11) is 0. The van der Waals surface area contributed by atoms with E-state index in [0.29, 0.717) is 19.4 Å². The van der Waals surface area contributed by atoms with E-state index in [-0.39, 0.29) is 30.3 Å². The lowest BCUT2D eigenvalue weighted by atomic mass is 10.1. The summed E-state index contributed by atoms with van der Waals surface area (Å²) >= 11 is 0. The Balaban J connectivity index is 0.00000192. The maximum absolute atomic E-state index is 12.7. The van der Waals surface area contributed by atoms with Crippen LogP contribution in [0.25, 0.3) is 0 Å². The van der Waals surface area contributed by atoms with E-state index < -0.39 is 0 Å². The monoisotopic (exact) mass is 337 g/mol. The molecule has 0 aliphatic carbocycles. The summed E-state index contributed by atoms with van der Waals surface area (Å²) in [5, 5.41) is 3.25. The van der Waals surface area contributed by atoms with Gasteiger partial charge in [0, 0.05) is 39.1 Å². The van der Waals surface area contributed by atoms with E-state index in [0.717, 1.165) is 31.7 Å². The first-order chi connectivity index (χ1) is 10.6. The zero-order valence-electron chi connectivity index (χ0n) is 13.5. The van der Waals surface area contributed by atoms with Crippen molar-refractivity contribution >= 4 is 24.2 Å². The van der Waals surface area contributed by atoms with Crippen molar-refractivity contribution in [2.24, 2.45) is 0 Å². The summed E-state index contributed by atoms with van der Waals surface area (Å²) < 4.78 is 0. The molecule has 1 aromatic carbocycles. The number of piperazine rings is 1. The minimum absolute atomic E-state index is 0. The lowest BCUT2D eigenvalue weighted by Gasteiger charge is -2.33. The second kappa shape index (κ2) is 7.79. The van der Waals surface area contributed by atoms with Crippen LogP contribution < -0.4 is 5.32 Å². The Kier molecular flexibility index (Phi) is 6.02. The average Bonchev–Trinajstić information content (AvgIpc) is 2.91. The van der Waals surface area contributed by atoms with Crippen LogP contribution in [0.2, 0.25) is 0 Å². The zero-order valence-corrected chi connectivity index (χ0v) is 14.3. The highest BCUT2D eigenvalue weighted by Crippen LogP contribution is 2.23. The van der Waals surface area contributed by atoms with E-state index in [2.05, 4.69) is 5.32 Å². The van der Waals surface area contributed by atoms with Gasteiger partial charge in [-0.3, -0.25) is 9.59 Å². The number of likely N-dealkylation sites (tertiary alicyclic amines) is 1. The van der Waals surface area contributed by atoms with E-state index in [1.807, 2.05) is 36.1 Å². The number of nitrogens with one attached hydrogen (secondary N) is 1. The molecule has 1 atom stereocenters. The molecule has 0 spiro atoms. The van der Waals surface area contributed by atoms with Gasteiger partial charge in [-0.15, -0.1) is 12.4 Å². The molecule has 3 rings (SSSR count). The third-order valence-electron chi connectivity index (χ3n) is 4.52. The second-order valence-corrected chi connectivity index (χ2v) is 6.14. The summed E-state index contributed by atoms with van der Waals surface area (Å²) in [6.07, 6.45) is 1.13. The Labute approximate surface area is 143 Å². The first kappa shape index (κ1) is 17.8. The van der Waals surface area contributed by atoms with Gasteiger partial charge in [-0.2, -0.15) is 0 Å². The molecule has 0 saturated carbocycles. The lowest BCUT2D eigenvalue weighted by Crippen LogP contribution is -2.52. The number of nitrogens with zero attached hydrogens (tertiary/aromatic N) is 2.